The minimum atomic E-state index is -0.655. The van der Waals surface area contributed by atoms with Crippen LogP contribution in [0.15, 0.2) is 24.3 Å². The Kier molecular flexibility index (Phi) is 9.29. The highest BCUT2D eigenvalue weighted by Gasteiger charge is 2.17. The smallest absolute Gasteiger partial charge is 0.260 e. The third-order valence-electron chi connectivity index (χ3n) is 4.04. The fourth-order valence-corrected chi connectivity index (χ4v) is 2.27. The van der Waals surface area contributed by atoms with Crippen LogP contribution in [-0.4, -0.2) is 54.9 Å². The lowest BCUT2D eigenvalue weighted by molar-refractivity contribution is -0.133. The number of ether oxygens (including phenoxy) is 1. The zero-order valence-corrected chi connectivity index (χ0v) is 16.5. The van der Waals surface area contributed by atoms with Gasteiger partial charge in [-0.2, -0.15) is 0 Å². The Morgan fingerprint density at radius 2 is 1.85 bits per heavy atom. The van der Waals surface area contributed by atoms with Gasteiger partial charge in [0.25, 0.3) is 5.91 Å². The second kappa shape index (κ2) is 11.2. The van der Waals surface area contributed by atoms with Gasteiger partial charge in [-0.15, -0.1) is 0 Å². The van der Waals surface area contributed by atoms with Gasteiger partial charge in [-0.1, -0.05) is 19.9 Å². The molecule has 4 N–H and O–H groups in total. The van der Waals surface area contributed by atoms with E-state index in [0.29, 0.717) is 24.5 Å². The molecule has 0 bridgehead atoms. The van der Waals surface area contributed by atoms with Crippen molar-refractivity contribution >= 4 is 23.4 Å². The molecule has 1 aromatic carbocycles. The number of nitrogens with two attached hydrogens (primary N) is 1. The SMILES string of the molecule is CCN(CC)C(=O)COc1cccc(NC(=O)CNC(=O)[C@@H](N)C(C)C)c1. The summed E-state index contributed by atoms with van der Waals surface area (Å²) in [4.78, 5) is 37.4. The molecule has 8 heteroatoms. The van der Waals surface area contributed by atoms with Crippen molar-refractivity contribution < 1.29 is 19.1 Å². The van der Waals surface area contributed by atoms with E-state index < -0.39 is 6.04 Å². The first-order valence-corrected chi connectivity index (χ1v) is 9.12. The quantitative estimate of drug-likeness (QED) is 0.561. The molecular weight excluding hydrogens is 348 g/mol. The van der Waals surface area contributed by atoms with E-state index in [-0.39, 0.29) is 36.8 Å². The number of nitrogens with one attached hydrogen (secondary N) is 2. The first-order valence-electron chi connectivity index (χ1n) is 9.12. The van der Waals surface area contributed by atoms with Gasteiger partial charge in [0, 0.05) is 24.8 Å². The van der Waals surface area contributed by atoms with Crippen molar-refractivity contribution in [1.29, 1.82) is 0 Å². The predicted molar refractivity (Wildman–Crippen MR) is 104 cm³/mol. The van der Waals surface area contributed by atoms with Crippen LogP contribution in [0, 0.1) is 5.92 Å². The topological polar surface area (TPSA) is 114 Å². The average molecular weight is 378 g/mol. The maximum atomic E-state index is 12.0. The average Bonchev–Trinajstić information content (AvgIpc) is 2.65. The molecule has 0 fully saturated rings. The van der Waals surface area contributed by atoms with Crippen molar-refractivity contribution in [2.45, 2.75) is 33.7 Å². The Morgan fingerprint density at radius 1 is 1.19 bits per heavy atom. The molecule has 1 aromatic rings. The van der Waals surface area contributed by atoms with Crippen molar-refractivity contribution in [2.24, 2.45) is 11.7 Å². The van der Waals surface area contributed by atoms with Crippen LogP contribution in [0.1, 0.15) is 27.7 Å². The van der Waals surface area contributed by atoms with Crippen molar-refractivity contribution in [3.8, 4) is 5.75 Å². The van der Waals surface area contributed by atoms with Gasteiger partial charge in [0.05, 0.1) is 12.6 Å². The molecule has 0 unspecified atom stereocenters. The van der Waals surface area contributed by atoms with E-state index in [1.165, 1.54) is 0 Å². The molecule has 0 aromatic heterocycles. The lowest BCUT2D eigenvalue weighted by Crippen LogP contribution is -2.46. The van der Waals surface area contributed by atoms with E-state index in [2.05, 4.69) is 10.6 Å². The number of rotatable bonds is 10. The number of carbonyl (C=O) groups excluding carboxylic acids is 3. The Bertz CT molecular complexity index is 644. The molecule has 0 spiro atoms. The summed E-state index contributed by atoms with van der Waals surface area (Å²) in [5, 5.41) is 5.18. The van der Waals surface area contributed by atoms with E-state index >= 15 is 0 Å². The minimum absolute atomic E-state index is 0.0130. The molecule has 27 heavy (non-hydrogen) atoms. The number of anilines is 1. The number of hydrogen-bond acceptors (Lipinski definition) is 5. The highest BCUT2D eigenvalue weighted by Crippen LogP contribution is 2.17. The second-order valence-electron chi connectivity index (χ2n) is 6.42. The van der Waals surface area contributed by atoms with Crippen LogP contribution in [0.3, 0.4) is 0 Å². The monoisotopic (exact) mass is 378 g/mol. The first kappa shape index (κ1) is 22.4. The van der Waals surface area contributed by atoms with Crippen LogP contribution in [-0.2, 0) is 14.4 Å². The largest absolute Gasteiger partial charge is 0.484 e. The van der Waals surface area contributed by atoms with Gasteiger partial charge >= 0.3 is 0 Å². The fourth-order valence-electron chi connectivity index (χ4n) is 2.27. The minimum Gasteiger partial charge on any atom is -0.484 e. The maximum Gasteiger partial charge on any atom is 0.260 e. The lowest BCUT2D eigenvalue weighted by atomic mass is 10.1. The van der Waals surface area contributed by atoms with E-state index in [1.54, 1.807) is 29.2 Å². The van der Waals surface area contributed by atoms with E-state index in [9.17, 15) is 14.4 Å². The number of nitrogens with zero attached hydrogens (tertiary/aromatic N) is 1. The van der Waals surface area contributed by atoms with Gasteiger partial charge in [0.1, 0.15) is 5.75 Å². The molecule has 3 amide bonds. The predicted octanol–water partition coefficient (Wildman–Crippen LogP) is 0.972. The van der Waals surface area contributed by atoms with Gasteiger partial charge < -0.3 is 26.0 Å². The van der Waals surface area contributed by atoms with Gasteiger partial charge in [0.2, 0.25) is 11.8 Å². The summed E-state index contributed by atoms with van der Waals surface area (Å²) >= 11 is 0. The Morgan fingerprint density at radius 3 is 2.44 bits per heavy atom. The molecule has 0 aliphatic heterocycles. The summed E-state index contributed by atoms with van der Waals surface area (Å²) in [7, 11) is 0. The van der Waals surface area contributed by atoms with Crippen molar-refractivity contribution in [2.75, 3.05) is 31.6 Å². The Balaban J connectivity index is 2.53. The van der Waals surface area contributed by atoms with Crippen LogP contribution < -0.4 is 21.1 Å². The number of carbonyl (C=O) groups is 3. The molecule has 0 aliphatic carbocycles. The zero-order chi connectivity index (χ0) is 20.4. The molecule has 0 saturated carbocycles. The van der Waals surface area contributed by atoms with E-state index in [0.717, 1.165) is 0 Å². The first-order chi connectivity index (χ1) is 12.8. The molecule has 8 nitrogen and oxygen atoms in total. The molecule has 0 saturated heterocycles. The number of likely N-dealkylation sites (N-methyl/N-ethyl adjacent to an activating group) is 1. The van der Waals surface area contributed by atoms with Crippen molar-refractivity contribution in [3.63, 3.8) is 0 Å². The van der Waals surface area contributed by atoms with Gasteiger partial charge in [0.15, 0.2) is 6.61 Å². The van der Waals surface area contributed by atoms with Crippen LogP contribution in [0.2, 0.25) is 0 Å². The maximum absolute atomic E-state index is 12.0. The van der Waals surface area contributed by atoms with Gasteiger partial charge in [-0.05, 0) is 31.9 Å². The molecule has 0 heterocycles. The van der Waals surface area contributed by atoms with Gasteiger partial charge in [-0.25, -0.2) is 0 Å². The summed E-state index contributed by atoms with van der Waals surface area (Å²) in [5.41, 5.74) is 6.24. The molecule has 1 rings (SSSR count). The van der Waals surface area contributed by atoms with E-state index in [1.807, 2.05) is 27.7 Å². The Labute approximate surface area is 160 Å². The molecular formula is C19H30N4O4. The van der Waals surface area contributed by atoms with Crippen LogP contribution >= 0.6 is 0 Å². The molecule has 0 aliphatic rings. The highest BCUT2D eigenvalue weighted by molar-refractivity contribution is 5.95. The van der Waals surface area contributed by atoms with Crippen LogP contribution in [0.4, 0.5) is 5.69 Å². The summed E-state index contributed by atoms with van der Waals surface area (Å²) in [6.45, 7) is 8.49. The summed E-state index contributed by atoms with van der Waals surface area (Å²) in [6.07, 6.45) is 0. The summed E-state index contributed by atoms with van der Waals surface area (Å²) < 4.78 is 5.50. The summed E-state index contributed by atoms with van der Waals surface area (Å²) in [6, 6.07) is 6.07. The van der Waals surface area contributed by atoms with Crippen LogP contribution in [0.5, 0.6) is 5.75 Å². The van der Waals surface area contributed by atoms with Crippen LogP contribution in [0.25, 0.3) is 0 Å². The summed E-state index contributed by atoms with van der Waals surface area (Å²) in [5.74, 6) is -0.387. The number of benzene rings is 1. The zero-order valence-electron chi connectivity index (χ0n) is 16.5. The standard InChI is InChI=1S/C19H30N4O4/c1-5-23(6-2)17(25)12-27-15-9-7-8-14(10-15)22-16(24)11-21-19(26)18(20)13(3)4/h7-10,13,18H,5-6,11-12,20H2,1-4H3,(H,21,26)(H,22,24)/t18-/m0/s1. The Hall–Kier alpha value is -2.61. The number of hydrogen-bond donors (Lipinski definition) is 3. The van der Waals surface area contributed by atoms with Crippen molar-refractivity contribution in [1.82, 2.24) is 10.2 Å². The number of amides is 3. The molecule has 0 radical (unpaired) electrons. The van der Waals surface area contributed by atoms with Gasteiger partial charge in [-0.3, -0.25) is 14.4 Å². The third kappa shape index (κ3) is 7.65. The lowest BCUT2D eigenvalue weighted by Gasteiger charge is -2.18. The normalized spacial score (nSPS) is 11.6. The highest BCUT2D eigenvalue weighted by atomic mass is 16.5. The molecule has 150 valence electrons. The third-order valence-corrected chi connectivity index (χ3v) is 4.04. The van der Waals surface area contributed by atoms with E-state index in [4.69, 9.17) is 10.5 Å². The fraction of sp³-hybridized carbons (Fsp3) is 0.526. The second-order valence-corrected chi connectivity index (χ2v) is 6.42. The molecule has 1 atom stereocenters. The van der Waals surface area contributed by atoms with Crippen molar-refractivity contribution in [3.05, 3.63) is 24.3 Å².